The molecule has 0 aliphatic heterocycles. The molecule has 0 unspecified atom stereocenters. The second-order valence-corrected chi connectivity index (χ2v) is 10.9. The number of carbonyl (C=O) groups excluding carboxylic acids is 2. The summed E-state index contributed by atoms with van der Waals surface area (Å²) in [6.45, 7) is 16.1. The van der Waals surface area contributed by atoms with Crippen molar-refractivity contribution in [2.75, 3.05) is 13.6 Å². The van der Waals surface area contributed by atoms with Gasteiger partial charge in [0.15, 0.2) is 0 Å². The molecule has 0 aliphatic rings. The number of aromatic amines is 1. The van der Waals surface area contributed by atoms with Gasteiger partial charge >= 0.3 is 0 Å². The molecule has 39 heavy (non-hydrogen) atoms. The first-order valence-corrected chi connectivity index (χ1v) is 13.3. The lowest BCUT2D eigenvalue weighted by molar-refractivity contribution is -0.114. The number of aliphatic hydroxyl groups is 1. The van der Waals surface area contributed by atoms with E-state index in [0.717, 1.165) is 28.1 Å². The van der Waals surface area contributed by atoms with Crippen LogP contribution >= 0.6 is 0 Å². The summed E-state index contributed by atoms with van der Waals surface area (Å²) in [5, 5.41) is 13.7. The van der Waals surface area contributed by atoms with Gasteiger partial charge in [0.1, 0.15) is 17.2 Å². The number of benzene rings is 2. The largest absolute Gasteiger partial charge is 0.456 e. The zero-order valence-corrected chi connectivity index (χ0v) is 24.5. The molecule has 3 N–H and O–H groups in total. The van der Waals surface area contributed by atoms with E-state index < -0.39 is 5.60 Å². The molecule has 3 rings (SSSR count). The second kappa shape index (κ2) is 11.9. The lowest BCUT2D eigenvalue weighted by Crippen LogP contribution is -2.22. The van der Waals surface area contributed by atoms with Gasteiger partial charge in [-0.25, -0.2) is 0 Å². The number of aryl methyl sites for hydroxylation is 3. The van der Waals surface area contributed by atoms with Gasteiger partial charge in [-0.05, 0) is 87.9 Å². The van der Waals surface area contributed by atoms with Crippen LogP contribution in [0.5, 0.6) is 11.5 Å². The zero-order valence-electron chi connectivity index (χ0n) is 24.5. The van der Waals surface area contributed by atoms with Crippen LogP contribution in [0, 0.1) is 20.8 Å². The Labute approximate surface area is 231 Å². The van der Waals surface area contributed by atoms with Gasteiger partial charge in [0.05, 0.1) is 5.60 Å². The molecular formula is C32H41N3O4. The summed E-state index contributed by atoms with van der Waals surface area (Å²) in [5.41, 5.74) is 6.12. The van der Waals surface area contributed by atoms with Crippen molar-refractivity contribution < 1.29 is 19.4 Å². The van der Waals surface area contributed by atoms with E-state index in [9.17, 15) is 14.7 Å². The fourth-order valence-corrected chi connectivity index (χ4v) is 4.53. The highest BCUT2D eigenvalue weighted by molar-refractivity contribution is 5.95. The maximum absolute atomic E-state index is 12.6. The Kier molecular flexibility index (Phi) is 9.07. The molecule has 1 aromatic heterocycles. The van der Waals surface area contributed by atoms with E-state index in [-0.39, 0.29) is 5.91 Å². The number of ether oxygens (including phenoxy) is 1. The van der Waals surface area contributed by atoms with Crippen molar-refractivity contribution >= 4 is 17.9 Å². The molecule has 0 radical (unpaired) electrons. The Hall–Kier alpha value is -3.84. The summed E-state index contributed by atoms with van der Waals surface area (Å²) in [6, 6.07) is 11.6. The molecule has 2 amide bonds. The number of hydrogen-bond acceptors (Lipinski definition) is 4. The smallest absolute Gasteiger partial charge is 0.267 e. The number of nitrogens with zero attached hydrogens (tertiary/aromatic N) is 1. The van der Waals surface area contributed by atoms with Gasteiger partial charge in [0, 0.05) is 42.2 Å². The quantitative estimate of drug-likeness (QED) is 0.267. The average molecular weight is 532 g/mol. The fraction of sp³-hybridized carbons (Fsp3) is 0.375. The van der Waals surface area contributed by atoms with E-state index >= 15 is 0 Å². The molecule has 0 spiro atoms. The Bertz CT molecular complexity index is 1370. The van der Waals surface area contributed by atoms with Gasteiger partial charge in [0.2, 0.25) is 6.41 Å². The lowest BCUT2D eigenvalue weighted by atomic mass is 9.91. The first-order chi connectivity index (χ1) is 18.3. The Morgan fingerprint density at radius 1 is 1.10 bits per heavy atom. The Morgan fingerprint density at radius 3 is 2.28 bits per heavy atom. The minimum absolute atomic E-state index is 0.215. The standard InChI is InChI=1S/C32H41N3O4/c1-10-33-31(37)28-16-25(22(6)34-28)27(17-35(9)18-36)26-15-24(32(7,8)38)11-12-29(26)39-30-20(4)13-23(19(2)3)14-21(30)5/h11-19,34,38H,10H2,1-9H3,(H,33,37)/b27-17+. The minimum Gasteiger partial charge on any atom is -0.456 e. The first-order valence-electron chi connectivity index (χ1n) is 13.3. The number of nitrogens with one attached hydrogen (secondary N) is 2. The van der Waals surface area contributed by atoms with Gasteiger partial charge in [-0.2, -0.15) is 0 Å². The van der Waals surface area contributed by atoms with Crippen LogP contribution in [0.1, 0.15) is 90.1 Å². The Balaban J connectivity index is 2.28. The van der Waals surface area contributed by atoms with Gasteiger partial charge < -0.3 is 25.0 Å². The van der Waals surface area contributed by atoms with E-state index in [1.807, 2.05) is 45.9 Å². The van der Waals surface area contributed by atoms with Gasteiger partial charge in [-0.1, -0.05) is 32.0 Å². The van der Waals surface area contributed by atoms with Crippen molar-refractivity contribution in [1.29, 1.82) is 0 Å². The summed E-state index contributed by atoms with van der Waals surface area (Å²) in [7, 11) is 1.65. The minimum atomic E-state index is -1.11. The van der Waals surface area contributed by atoms with Crippen molar-refractivity contribution in [2.45, 2.75) is 66.9 Å². The number of H-pyrrole nitrogens is 1. The third kappa shape index (κ3) is 6.79. The van der Waals surface area contributed by atoms with Crippen LogP contribution in [0.15, 0.2) is 42.6 Å². The predicted molar refractivity (Wildman–Crippen MR) is 156 cm³/mol. The highest BCUT2D eigenvalue weighted by Crippen LogP contribution is 2.40. The normalized spacial score (nSPS) is 12.0. The molecule has 0 bridgehead atoms. The second-order valence-electron chi connectivity index (χ2n) is 10.9. The fourth-order valence-electron chi connectivity index (χ4n) is 4.53. The van der Waals surface area contributed by atoms with Gasteiger partial charge in [0.25, 0.3) is 5.91 Å². The summed E-state index contributed by atoms with van der Waals surface area (Å²) in [5.74, 6) is 1.50. The monoisotopic (exact) mass is 531 g/mol. The summed E-state index contributed by atoms with van der Waals surface area (Å²) < 4.78 is 6.61. The van der Waals surface area contributed by atoms with Gasteiger partial charge in [-0.3, -0.25) is 9.59 Å². The van der Waals surface area contributed by atoms with E-state index in [1.54, 1.807) is 33.2 Å². The summed E-state index contributed by atoms with van der Waals surface area (Å²) >= 11 is 0. The molecular weight excluding hydrogens is 490 g/mol. The van der Waals surface area contributed by atoms with Crippen molar-refractivity contribution in [3.63, 3.8) is 0 Å². The molecule has 0 atom stereocenters. The molecule has 208 valence electrons. The third-order valence-corrected chi connectivity index (χ3v) is 6.72. The van der Waals surface area contributed by atoms with Crippen LogP contribution in [-0.2, 0) is 10.4 Å². The molecule has 0 aliphatic carbocycles. The molecule has 0 saturated heterocycles. The highest BCUT2D eigenvalue weighted by Gasteiger charge is 2.24. The van der Waals surface area contributed by atoms with Gasteiger partial charge in [-0.15, -0.1) is 0 Å². The molecule has 2 aromatic carbocycles. The van der Waals surface area contributed by atoms with Crippen LogP contribution in [0.2, 0.25) is 0 Å². The molecule has 0 fully saturated rings. The number of hydrogen-bond donors (Lipinski definition) is 3. The van der Waals surface area contributed by atoms with Crippen molar-refractivity contribution in [2.24, 2.45) is 0 Å². The maximum Gasteiger partial charge on any atom is 0.267 e. The number of carbonyl (C=O) groups is 2. The van der Waals surface area contributed by atoms with E-state index in [4.69, 9.17) is 4.74 Å². The van der Waals surface area contributed by atoms with Crippen molar-refractivity contribution in [1.82, 2.24) is 15.2 Å². The van der Waals surface area contributed by atoms with Crippen LogP contribution in [0.4, 0.5) is 0 Å². The van der Waals surface area contributed by atoms with E-state index in [1.165, 1.54) is 10.5 Å². The number of aromatic nitrogens is 1. The molecule has 1 heterocycles. The van der Waals surface area contributed by atoms with Crippen LogP contribution in [0.3, 0.4) is 0 Å². The van der Waals surface area contributed by atoms with Crippen LogP contribution in [-0.4, -0.2) is 40.9 Å². The molecule has 3 aromatic rings. The zero-order chi connectivity index (χ0) is 29.1. The lowest BCUT2D eigenvalue weighted by Gasteiger charge is -2.23. The van der Waals surface area contributed by atoms with E-state index in [0.29, 0.717) is 47.0 Å². The molecule has 7 nitrogen and oxygen atoms in total. The van der Waals surface area contributed by atoms with Crippen LogP contribution in [0.25, 0.3) is 5.57 Å². The molecule has 7 heteroatoms. The maximum atomic E-state index is 12.6. The number of rotatable bonds is 10. The van der Waals surface area contributed by atoms with Crippen molar-refractivity contribution in [3.8, 4) is 11.5 Å². The Morgan fingerprint density at radius 2 is 1.74 bits per heavy atom. The average Bonchev–Trinajstić information content (AvgIpc) is 3.25. The molecule has 0 saturated carbocycles. The summed E-state index contributed by atoms with van der Waals surface area (Å²) in [6.07, 6.45) is 2.43. The van der Waals surface area contributed by atoms with Crippen molar-refractivity contribution in [3.05, 3.63) is 87.4 Å². The third-order valence-electron chi connectivity index (χ3n) is 6.72. The summed E-state index contributed by atoms with van der Waals surface area (Å²) in [4.78, 5) is 28.9. The topological polar surface area (TPSA) is 94.7 Å². The first kappa shape index (κ1) is 29.7. The van der Waals surface area contributed by atoms with E-state index in [2.05, 4.69) is 36.3 Å². The SMILES string of the molecule is CCNC(=O)c1cc(/C(=C\N(C)C=O)c2cc(C(C)(C)O)ccc2Oc2c(C)cc(C(C)C)cc2C)c(C)[nH]1. The predicted octanol–water partition coefficient (Wildman–Crippen LogP) is 6.31. The number of amides is 2. The van der Waals surface area contributed by atoms with Crippen LogP contribution < -0.4 is 10.1 Å². The highest BCUT2D eigenvalue weighted by atomic mass is 16.5.